The Hall–Kier alpha value is -5.16. The van der Waals surface area contributed by atoms with E-state index < -0.39 is 0 Å². The van der Waals surface area contributed by atoms with Gasteiger partial charge in [-0.2, -0.15) is 5.10 Å². The van der Waals surface area contributed by atoms with Crippen molar-refractivity contribution in [2.45, 2.75) is 73.6 Å². The summed E-state index contributed by atoms with van der Waals surface area (Å²) in [6.07, 6.45) is 7.64. The van der Waals surface area contributed by atoms with Crippen molar-refractivity contribution in [2.75, 3.05) is 0 Å². The number of aryl methyl sites for hydroxylation is 4. The highest BCUT2D eigenvalue weighted by molar-refractivity contribution is 6.09. The maximum atomic E-state index is 6.70. The topological polar surface area (TPSA) is 44.9 Å². The molecule has 0 aliphatic heterocycles. The van der Waals surface area contributed by atoms with E-state index in [1.807, 2.05) is 18.3 Å². The summed E-state index contributed by atoms with van der Waals surface area (Å²) in [6, 6.07) is 34.6. The van der Waals surface area contributed by atoms with E-state index in [2.05, 4.69) is 136 Å². The van der Waals surface area contributed by atoms with Crippen molar-refractivity contribution in [1.29, 1.82) is 0 Å². The molecule has 0 N–H and O–H groups in total. The normalized spacial score (nSPS) is 11.7. The van der Waals surface area contributed by atoms with E-state index in [9.17, 15) is 0 Å². The van der Waals surface area contributed by atoms with Crippen LogP contribution in [0, 0.1) is 26.7 Å². The molecular formula is C44H46N4O. The summed E-state index contributed by atoms with van der Waals surface area (Å²) >= 11 is 0. The molecule has 3 aromatic heterocycles. The number of aromatic nitrogens is 4. The first-order valence-electron chi connectivity index (χ1n) is 17.7. The van der Waals surface area contributed by atoms with Crippen LogP contribution in [0.5, 0.6) is 11.5 Å². The van der Waals surface area contributed by atoms with Crippen molar-refractivity contribution < 1.29 is 4.74 Å². The van der Waals surface area contributed by atoms with Gasteiger partial charge in [-0.3, -0.25) is 4.57 Å². The lowest BCUT2D eigenvalue weighted by Crippen LogP contribution is -2.01. The molecule has 0 bridgehead atoms. The molecule has 0 amide bonds. The zero-order valence-corrected chi connectivity index (χ0v) is 29.6. The smallest absolute Gasteiger partial charge is 0.137 e. The van der Waals surface area contributed by atoms with Crippen LogP contribution in [0.15, 0.2) is 103 Å². The van der Waals surface area contributed by atoms with Gasteiger partial charge < -0.3 is 4.74 Å². The minimum absolute atomic E-state index is 0.751. The number of rotatable bonds is 11. The molecule has 0 atom stereocenters. The largest absolute Gasteiger partial charge is 0.457 e. The van der Waals surface area contributed by atoms with Crippen LogP contribution in [0.1, 0.15) is 68.1 Å². The SMILES string of the molecule is CCc1cc(Oc2ccc3c4cc(CCCCC(C)C)ccc4n(-c4cc(C)ccn4)c3c2)cc(-n2nc(C)c(-c3ccccc3)c2C)c1. The molecule has 5 heteroatoms. The number of nitrogens with zero attached hydrogens (tertiary/aromatic N) is 4. The van der Waals surface area contributed by atoms with Gasteiger partial charge in [0.2, 0.25) is 0 Å². The molecule has 0 aliphatic rings. The summed E-state index contributed by atoms with van der Waals surface area (Å²) < 4.78 is 11.0. The average Bonchev–Trinajstić information content (AvgIpc) is 3.58. The van der Waals surface area contributed by atoms with Crippen LogP contribution in [0.4, 0.5) is 0 Å². The minimum atomic E-state index is 0.751. The highest BCUT2D eigenvalue weighted by Crippen LogP contribution is 2.37. The Labute approximate surface area is 290 Å². The molecule has 4 aromatic carbocycles. The fourth-order valence-corrected chi connectivity index (χ4v) is 7.12. The zero-order chi connectivity index (χ0) is 34.1. The first kappa shape index (κ1) is 32.4. The van der Waals surface area contributed by atoms with Gasteiger partial charge in [0.1, 0.15) is 17.3 Å². The summed E-state index contributed by atoms with van der Waals surface area (Å²) in [5, 5.41) is 7.44. The van der Waals surface area contributed by atoms with Gasteiger partial charge >= 0.3 is 0 Å². The number of ether oxygens (including phenoxy) is 1. The first-order chi connectivity index (χ1) is 23.8. The van der Waals surface area contributed by atoms with E-state index in [1.54, 1.807) is 0 Å². The number of pyridine rings is 1. The molecule has 49 heavy (non-hydrogen) atoms. The van der Waals surface area contributed by atoms with E-state index >= 15 is 0 Å². The summed E-state index contributed by atoms with van der Waals surface area (Å²) in [5.41, 5.74) is 11.5. The number of unbranched alkanes of at least 4 members (excludes halogenated alkanes) is 1. The van der Waals surface area contributed by atoms with Crippen molar-refractivity contribution in [1.82, 2.24) is 19.3 Å². The van der Waals surface area contributed by atoms with Gasteiger partial charge in [0, 0.05) is 40.4 Å². The van der Waals surface area contributed by atoms with Gasteiger partial charge in [-0.05, 0) is 117 Å². The Bertz CT molecular complexity index is 2260. The van der Waals surface area contributed by atoms with Crippen LogP contribution in [0.3, 0.4) is 0 Å². The van der Waals surface area contributed by atoms with Crippen molar-refractivity contribution in [3.8, 4) is 34.1 Å². The average molecular weight is 647 g/mol. The lowest BCUT2D eigenvalue weighted by atomic mass is 10.0. The molecule has 5 nitrogen and oxygen atoms in total. The Kier molecular flexibility index (Phi) is 9.09. The Morgan fingerprint density at radius 1 is 0.735 bits per heavy atom. The second-order valence-corrected chi connectivity index (χ2v) is 13.8. The molecule has 0 fully saturated rings. The highest BCUT2D eigenvalue weighted by Gasteiger charge is 2.18. The molecular weight excluding hydrogens is 601 g/mol. The second kappa shape index (κ2) is 13.8. The molecule has 0 aliphatic carbocycles. The fraction of sp³-hybridized carbons (Fsp3) is 0.273. The minimum Gasteiger partial charge on any atom is -0.457 e. The number of hydrogen-bond acceptors (Lipinski definition) is 3. The van der Waals surface area contributed by atoms with Gasteiger partial charge in [0.25, 0.3) is 0 Å². The van der Waals surface area contributed by atoms with E-state index in [-0.39, 0.29) is 0 Å². The third-order valence-electron chi connectivity index (χ3n) is 9.62. The lowest BCUT2D eigenvalue weighted by Gasteiger charge is -2.13. The maximum absolute atomic E-state index is 6.70. The van der Waals surface area contributed by atoms with Crippen molar-refractivity contribution >= 4 is 21.8 Å². The van der Waals surface area contributed by atoms with Crippen molar-refractivity contribution in [2.24, 2.45) is 5.92 Å². The van der Waals surface area contributed by atoms with Gasteiger partial charge in [-0.15, -0.1) is 0 Å². The number of fused-ring (bicyclic) bond motifs is 3. The monoisotopic (exact) mass is 646 g/mol. The van der Waals surface area contributed by atoms with Crippen LogP contribution in [0.25, 0.3) is 44.4 Å². The summed E-state index contributed by atoms with van der Waals surface area (Å²) in [6.45, 7) is 13.1. The van der Waals surface area contributed by atoms with Crippen molar-refractivity contribution in [3.05, 3.63) is 131 Å². The van der Waals surface area contributed by atoms with Crippen LogP contribution in [0.2, 0.25) is 0 Å². The number of benzene rings is 4. The van der Waals surface area contributed by atoms with Crippen LogP contribution >= 0.6 is 0 Å². The summed E-state index contributed by atoms with van der Waals surface area (Å²) in [7, 11) is 0. The predicted octanol–water partition coefficient (Wildman–Crippen LogP) is 11.7. The Balaban J connectivity index is 1.28. The first-order valence-corrected chi connectivity index (χ1v) is 17.7. The van der Waals surface area contributed by atoms with E-state index in [0.717, 1.165) is 64.2 Å². The van der Waals surface area contributed by atoms with E-state index in [0.29, 0.717) is 0 Å². The molecule has 0 saturated carbocycles. The Morgan fingerprint density at radius 3 is 2.35 bits per heavy atom. The van der Waals surface area contributed by atoms with E-state index in [4.69, 9.17) is 14.8 Å². The predicted molar refractivity (Wildman–Crippen MR) is 204 cm³/mol. The van der Waals surface area contributed by atoms with Crippen LogP contribution in [-0.2, 0) is 12.8 Å². The van der Waals surface area contributed by atoms with Crippen LogP contribution < -0.4 is 4.74 Å². The molecule has 3 heterocycles. The highest BCUT2D eigenvalue weighted by atomic mass is 16.5. The van der Waals surface area contributed by atoms with Gasteiger partial charge in [-0.25, -0.2) is 9.67 Å². The molecule has 0 unspecified atom stereocenters. The quantitative estimate of drug-likeness (QED) is 0.131. The standard InChI is InChI=1S/C44H46N4O/c1-7-33-24-36(48-32(6)44(31(5)46-48)35-15-9-8-10-16-35)27-38(25-33)49-37-18-19-39-40-26-34(14-12-11-13-29(2)3)17-20-41(40)47(42(39)28-37)43-23-30(4)21-22-45-43/h8-10,15-29H,7,11-14H2,1-6H3. The molecule has 0 radical (unpaired) electrons. The third-order valence-corrected chi connectivity index (χ3v) is 9.62. The van der Waals surface area contributed by atoms with E-state index in [1.165, 1.54) is 57.9 Å². The Morgan fingerprint density at radius 2 is 1.57 bits per heavy atom. The summed E-state index contributed by atoms with van der Waals surface area (Å²) in [4.78, 5) is 4.81. The lowest BCUT2D eigenvalue weighted by molar-refractivity contribution is 0.482. The molecule has 7 aromatic rings. The fourth-order valence-electron chi connectivity index (χ4n) is 7.12. The molecule has 7 rings (SSSR count). The maximum Gasteiger partial charge on any atom is 0.137 e. The van der Waals surface area contributed by atoms with Gasteiger partial charge in [-0.1, -0.05) is 70.0 Å². The molecule has 248 valence electrons. The molecule has 0 saturated heterocycles. The summed E-state index contributed by atoms with van der Waals surface area (Å²) in [5.74, 6) is 3.25. The van der Waals surface area contributed by atoms with Gasteiger partial charge in [0.15, 0.2) is 0 Å². The second-order valence-electron chi connectivity index (χ2n) is 13.8. The zero-order valence-electron chi connectivity index (χ0n) is 29.6. The van der Waals surface area contributed by atoms with Gasteiger partial charge in [0.05, 0.1) is 22.4 Å². The molecule has 0 spiro atoms. The number of hydrogen-bond donors (Lipinski definition) is 0. The van der Waals surface area contributed by atoms with Crippen LogP contribution in [-0.4, -0.2) is 19.3 Å². The van der Waals surface area contributed by atoms with Crippen molar-refractivity contribution in [3.63, 3.8) is 0 Å². The third kappa shape index (κ3) is 6.63.